The zero-order valence-corrected chi connectivity index (χ0v) is 19.0. The quantitative estimate of drug-likeness (QED) is 0.350. The first-order valence-corrected chi connectivity index (χ1v) is 10.9. The predicted molar refractivity (Wildman–Crippen MR) is 117 cm³/mol. The lowest BCUT2D eigenvalue weighted by Gasteiger charge is -2.35. The first-order valence-electron chi connectivity index (χ1n) is 8.43. The third-order valence-corrected chi connectivity index (χ3v) is 6.95. The van der Waals surface area contributed by atoms with E-state index in [1.165, 1.54) is 15.4 Å². The minimum Gasteiger partial charge on any atom is -0.364 e. The Hall–Kier alpha value is -1.18. The molecule has 150 valence electrons. The van der Waals surface area contributed by atoms with Crippen LogP contribution in [-0.4, -0.2) is 68.5 Å². The number of rotatable bonds is 6. The van der Waals surface area contributed by atoms with Crippen molar-refractivity contribution in [3.63, 3.8) is 0 Å². The number of piperazine rings is 1. The van der Waals surface area contributed by atoms with Crippen molar-refractivity contribution < 1.29 is 12.9 Å². The lowest BCUT2D eigenvalue weighted by molar-refractivity contribution is 0.260. The highest BCUT2D eigenvalue weighted by atomic mass is 127. The van der Waals surface area contributed by atoms with E-state index in [1.54, 1.807) is 24.5 Å². The molecule has 11 heteroatoms. The van der Waals surface area contributed by atoms with Gasteiger partial charge in [-0.1, -0.05) is 11.2 Å². The van der Waals surface area contributed by atoms with Gasteiger partial charge in [-0.15, -0.1) is 35.3 Å². The summed E-state index contributed by atoms with van der Waals surface area (Å²) in [5.41, 5.74) is 0.429. The van der Waals surface area contributed by atoms with Gasteiger partial charge in [0.1, 0.15) is 12.0 Å². The van der Waals surface area contributed by atoms with Crippen molar-refractivity contribution in [2.75, 3.05) is 39.8 Å². The average Bonchev–Trinajstić information content (AvgIpc) is 3.33. The maximum absolute atomic E-state index is 12.5. The molecular weight excluding hydrogens is 501 g/mol. The standard InChI is InChI=1S/C16H23N5O3S2.HI/c1-17-16(18-6-4-15-3-2-12-25-15)20-7-9-21(10-8-20)26(22,23)13-14-5-11-24-19-14;/h2-3,5,11-12H,4,6-10,13H2,1H3,(H,17,18);1H. The van der Waals surface area contributed by atoms with E-state index in [0.717, 1.165) is 18.9 Å². The highest BCUT2D eigenvalue weighted by Crippen LogP contribution is 2.13. The molecule has 1 aliphatic rings. The summed E-state index contributed by atoms with van der Waals surface area (Å²) < 4.78 is 31.2. The number of halogens is 1. The molecule has 0 atom stereocenters. The molecule has 0 saturated carbocycles. The molecule has 0 bridgehead atoms. The van der Waals surface area contributed by atoms with Crippen LogP contribution < -0.4 is 5.32 Å². The SMILES string of the molecule is CN=C(NCCc1cccs1)N1CCN(S(=O)(=O)Cc2ccon2)CC1.I. The van der Waals surface area contributed by atoms with Crippen LogP contribution in [0.4, 0.5) is 0 Å². The van der Waals surface area contributed by atoms with Crippen LogP contribution in [0.25, 0.3) is 0 Å². The summed E-state index contributed by atoms with van der Waals surface area (Å²) in [5.74, 6) is 0.687. The van der Waals surface area contributed by atoms with Crippen molar-refractivity contribution in [3.05, 3.63) is 40.4 Å². The van der Waals surface area contributed by atoms with Crippen LogP contribution in [0.5, 0.6) is 0 Å². The zero-order chi connectivity index (χ0) is 18.4. The molecule has 3 rings (SSSR count). The summed E-state index contributed by atoms with van der Waals surface area (Å²) in [6, 6.07) is 5.74. The van der Waals surface area contributed by atoms with Gasteiger partial charge in [0.25, 0.3) is 0 Å². The summed E-state index contributed by atoms with van der Waals surface area (Å²) in [4.78, 5) is 7.75. The number of sulfonamides is 1. The molecule has 2 aromatic rings. The minimum atomic E-state index is -3.38. The fraction of sp³-hybridized carbons (Fsp3) is 0.500. The molecule has 0 aromatic carbocycles. The lowest BCUT2D eigenvalue weighted by atomic mass is 10.3. The van der Waals surface area contributed by atoms with E-state index in [4.69, 9.17) is 4.52 Å². The molecule has 2 aromatic heterocycles. The molecule has 3 heterocycles. The summed E-state index contributed by atoms with van der Waals surface area (Å²) in [5, 5.41) is 9.12. The van der Waals surface area contributed by atoms with Crippen molar-refractivity contribution in [1.82, 2.24) is 19.7 Å². The van der Waals surface area contributed by atoms with Crippen molar-refractivity contribution in [3.8, 4) is 0 Å². The molecule has 0 spiro atoms. The highest BCUT2D eigenvalue weighted by Gasteiger charge is 2.28. The second kappa shape index (κ2) is 10.4. The Bertz CT molecular complexity index is 801. The third kappa shape index (κ3) is 6.16. The number of aromatic nitrogens is 1. The van der Waals surface area contributed by atoms with Crippen molar-refractivity contribution >= 4 is 51.3 Å². The summed E-state index contributed by atoms with van der Waals surface area (Å²) >= 11 is 1.74. The number of guanidine groups is 1. The Balaban J connectivity index is 0.00000261. The van der Waals surface area contributed by atoms with Gasteiger partial charge in [-0.3, -0.25) is 4.99 Å². The molecule has 1 saturated heterocycles. The van der Waals surface area contributed by atoms with Crippen LogP contribution in [0.1, 0.15) is 10.6 Å². The number of thiophene rings is 1. The van der Waals surface area contributed by atoms with E-state index in [1.807, 2.05) is 6.07 Å². The van der Waals surface area contributed by atoms with E-state index in [2.05, 4.69) is 31.8 Å². The van der Waals surface area contributed by atoms with Crippen molar-refractivity contribution in [2.45, 2.75) is 12.2 Å². The first-order chi connectivity index (χ1) is 12.6. The van der Waals surface area contributed by atoms with Gasteiger partial charge in [-0.25, -0.2) is 8.42 Å². The number of hydrogen-bond acceptors (Lipinski definition) is 6. The third-order valence-electron chi connectivity index (χ3n) is 4.20. The van der Waals surface area contributed by atoms with Crippen LogP contribution in [0.2, 0.25) is 0 Å². The number of nitrogens with one attached hydrogen (secondary N) is 1. The van der Waals surface area contributed by atoms with Crippen LogP contribution >= 0.6 is 35.3 Å². The van der Waals surface area contributed by atoms with Gasteiger partial charge in [-0.2, -0.15) is 4.31 Å². The maximum atomic E-state index is 12.5. The molecular formula is C16H24IN5O3S2. The summed E-state index contributed by atoms with van der Waals surface area (Å²) in [7, 11) is -1.63. The molecule has 0 radical (unpaired) electrons. The Kier molecular flexibility index (Phi) is 8.51. The number of nitrogens with zero attached hydrogens (tertiary/aromatic N) is 4. The normalized spacial score (nSPS) is 16.2. The Morgan fingerprint density at radius 2 is 2.11 bits per heavy atom. The smallest absolute Gasteiger partial charge is 0.220 e. The average molecular weight is 525 g/mol. The van der Waals surface area contributed by atoms with Gasteiger partial charge in [0.2, 0.25) is 10.0 Å². The minimum absolute atomic E-state index is 0. The van der Waals surface area contributed by atoms with Crippen molar-refractivity contribution in [1.29, 1.82) is 0 Å². The Labute approximate surface area is 180 Å². The van der Waals surface area contributed by atoms with E-state index in [-0.39, 0.29) is 29.7 Å². The predicted octanol–water partition coefficient (Wildman–Crippen LogP) is 1.62. The van der Waals surface area contributed by atoms with Crippen LogP contribution in [0.3, 0.4) is 0 Å². The lowest BCUT2D eigenvalue weighted by Crippen LogP contribution is -2.54. The molecule has 1 N–H and O–H groups in total. The van der Waals surface area contributed by atoms with E-state index in [9.17, 15) is 8.42 Å². The molecule has 27 heavy (non-hydrogen) atoms. The molecule has 1 aliphatic heterocycles. The maximum Gasteiger partial charge on any atom is 0.220 e. The molecule has 1 fully saturated rings. The Morgan fingerprint density at radius 3 is 2.70 bits per heavy atom. The fourth-order valence-corrected chi connectivity index (χ4v) is 4.99. The second-order valence-corrected chi connectivity index (χ2v) is 8.94. The van der Waals surface area contributed by atoms with E-state index in [0.29, 0.717) is 31.9 Å². The largest absolute Gasteiger partial charge is 0.364 e. The van der Waals surface area contributed by atoms with Gasteiger partial charge >= 0.3 is 0 Å². The van der Waals surface area contributed by atoms with Gasteiger partial charge in [0.05, 0.1) is 5.69 Å². The second-order valence-electron chi connectivity index (χ2n) is 5.94. The topological polar surface area (TPSA) is 91.0 Å². The zero-order valence-electron chi connectivity index (χ0n) is 15.1. The van der Waals surface area contributed by atoms with Crippen LogP contribution in [0.15, 0.2) is 39.4 Å². The number of aliphatic imine (C=N–C) groups is 1. The Morgan fingerprint density at radius 1 is 1.33 bits per heavy atom. The van der Waals surface area contributed by atoms with Crippen LogP contribution in [-0.2, 0) is 22.2 Å². The highest BCUT2D eigenvalue weighted by molar-refractivity contribution is 14.0. The van der Waals surface area contributed by atoms with E-state index >= 15 is 0 Å². The molecule has 0 unspecified atom stereocenters. The van der Waals surface area contributed by atoms with Gasteiger partial charge in [0, 0.05) is 50.7 Å². The number of hydrogen-bond donors (Lipinski definition) is 1. The van der Waals surface area contributed by atoms with Crippen molar-refractivity contribution in [2.24, 2.45) is 4.99 Å². The summed E-state index contributed by atoms with van der Waals surface area (Å²) in [6.45, 7) is 2.89. The first kappa shape index (κ1) is 22.1. The molecule has 0 amide bonds. The van der Waals surface area contributed by atoms with Gasteiger partial charge in [-0.05, 0) is 17.9 Å². The van der Waals surface area contributed by atoms with E-state index < -0.39 is 10.0 Å². The van der Waals surface area contributed by atoms with Gasteiger partial charge < -0.3 is 14.7 Å². The monoisotopic (exact) mass is 525 g/mol. The fourth-order valence-electron chi connectivity index (χ4n) is 2.85. The summed E-state index contributed by atoms with van der Waals surface area (Å²) in [6.07, 6.45) is 2.33. The van der Waals surface area contributed by atoms with Crippen LogP contribution in [0, 0.1) is 0 Å². The molecule has 0 aliphatic carbocycles. The van der Waals surface area contributed by atoms with Gasteiger partial charge in [0.15, 0.2) is 5.96 Å². The molecule has 8 nitrogen and oxygen atoms in total.